The molecule has 4 rings (SSSR count). The SMILES string of the molecule is C.CC(C)c1cnoc1C(C)C.CC(C)c1onc(-c2ccccc2)c1C(C)C.Cc1noc(C(C)C)c1C(C)C. The second kappa shape index (κ2) is 16.3. The summed E-state index contributed by atoms with van der Waals surface area (Å²) in [6.45, 7) is 27.8. The van der Waals surface area contributed by atoms with Crippen molar-refractivity contribution in [3.8, 4) is 11.3 Å². The zero-order chi connectivity index (χ0) is 30.1. The van der Waals surface area contributed by atoms with Gasteiger partial charge in [-0.1, -0.05) is 136 Å². The van der Waals surface area contributed by atoms with Gasteiger partial charge in [-0.15, -0.1) is 0 Å². The van der Waals surface area contributed by atoms with Crippen molar-refractivity contribution >= 4 is 0 Å². The third-order valence-electron chi connectivity index (χ3n) is 6.72. The average molecular weight is 566 g/mol. The highest BCUT2D eigenvalue weighted by Gasteiger charge is 2.22. The van der Waals surface area contributed by atoms with Crippen molar-refractivity contribution < 1.29 is 13.6 Å². The molecule has 0 aliphatic carbocycles. The number of aromatic nitrogens is 3. The van der Waals surface area contributed by atoms with E-state index < -0.39 is 0 Å². The van der Waals surface area contributed by atoms with E-state index in [1.54, 1.807) is 0 Å². The molecule has 0 bridgehead atoms. The molecule has 0 aliphatic rings. The zero-order valence-corrected chi connectivity index (χ0v) is 27.0. The molecule has 0 radical (unpaired) electrons. The Hall–Kier alpha value is -3.15. The van der Waals surface area contributed by atoms with Crippen LogP contribution in [0, 0.1) is 6.92 Å². The van der Waals surface area contributed by atoms with E-state index in [1.165, 1.54) is 16.7 Å². The first kappa shape index (κ1) is 35.9. The summed E-state index contributed by atoms with van der Waals surface area (Å²) in [6, 6.07) is 10.2. The standard InChI is InChI=1S/C15H19NO.C10H17NO.C9H15NO.CH4/c1-10(2)13-14(12-8-6-5-7-9-12)16-17-15(13)11(3)4;1-6(2)9-8(5)11-12-10(9)7(3)4;1-6(2)8-5-10-11-9(8)7(3)4;/h5-11H,1-4H3;6-7H,1-5H3;5-7H,1-4H3;1H4. The fourth-order valence-corrected chi connectivity index (χ4v) is 4.73. The first-order valence-electron chi connectivity index (χ1n) is 14.7. The minimum absolute atomic E-state index is 0. The van der Waals surface area contributed by atoms with Gasteiger partial charge in [0.25, 0.3) is 0 Å². The van der Waals surface area contributed by atoms with Gasteiger partial charge in [0, 0.05) is 40.0 Å². The summed E-state index contributed by atoms with van der Waals surface area (Å²) in [5, 5.41) is 12.0. The maximum absolute atomic E-state index is 5.52. The number of hydrogen-bond donors (Lipinski definition) is 0. The predicted molar refractivity (Wildman–Crippen MR) is 171 cm³/mol. The van der Waals surface area contributed by atoms with Gasteiger partial charge in [0.05, 0.1) is 11.9 Å². The predicted octanol–water partition coefficient (Wildman–Crippen LogP) is 11.4. The van der Waals surface area contributed by atoms with E-state index in [0.717, 1.165) is 34.2 Å². The maximum atomic E-state index is 5.52. The third-order valence-corrected chi connectivity index (χ3v) is 6.72. The fraction of sp³-hybridized carbons (Fsp3) is 0.571. The van der Waals surface area contributed by atoms with Gasteiger partial charge in [-0.05, 0) is 24.7 Å². The summed E-state index contributed by atoms with van der Waals surface area (Å²) in [6.07, 6.45) is 1.82. The van der Waals surface area contributed by atoms with Gasteiger partial charge in [0.2, 0.25) is 0 Å². The molecule has 41 heavy (non-hydrogen) atoms. The van der Waals surface area contributed by atoms with Crippen LogP contribution in [0.25, 0.3) is 11.3 Å². The number of benzene rings is 1. The molecule has 0 atom stereocenters. The zero-order valence-electron chi connectivity index (χ0n) is 27.0. The van der Waals surface area contributed by atoms with Crippen LogP contribution >= 0.6 is 0 Å². The molecule has 0 fully saturated rings. The van der Waals surface area contributed by atoms with E-state index in [9.17, 15) is 0 Å². The maximum Gasteiger partial charge on any atom is 0.143 e. The Morgan fingerprint density at radius 2 is 1.02 bits per heavy atom. The quantitative estimate of drug-likeness (QED) is 0.222. The lowest BCUT2D eigenvalue weighted by atomic mass is 9.93. The first-order valence-corrected chi connectivity index (χ1v) is 14.7. The highest BCUT2D eigenvalue weighted by molar-refractivity contribution is 5.64. The topological polar surface area (TPSA) is 78.1 Å². The van der Waals surface area contributed by atoms with Crippen LogP contribution in [0.15, 0.2) is 50.1 Å². The summed E-state index contributed by atoms with van der Waals surface area (Å²) >= 11 is 0. The minimum Gasteiger partial charge on any atom is -0.361 e. The molecule has 0 N–H and O–H groups in total. The van der Waals surface area contributed by atoms with E-state index in [-0.39, 0.29) is 7.43 Å². The Labute approximate surface area is 249 Å². The van der Waals surface area contributed by atoms with E-state index in [0.29, 0.717) is 35.5 Å². The number of aryl methyl sites for hydroxylation is 1. The Kier molecular flexibility index (Phi) is 14.3. The summed E-state index contributed by atoms with van der Waals surface area (Å²) in [5.41, 5.74) is 6.92. The fourth-order valence-electron chi connectivity index (χ4n) is 4.73. The van der Waals surface area contributed by atoms with Gasteiger partial charge in [-0.25, -0.2) is 0 Å². The molecule has 6 nitrogen and oxygen atoms in total. The highest BCUT2D eigenvalue weighted by Crippen LogP contribution is 2.35. The van der Waals surface area contributed by atoms with Crippen molar-refractivity contribution in [2.45, 2.75) is 133 Å². The van der Waals surface area contributed by atoms with Crippen LogP contribution in [0.5, 0.6) is 0 Å². The van der Waals surface area contributed by atoms with Crippen LogP contribution in [0.2, 0.25) is 0 Å². The van der Waals surface area contributed by atoms with E-state index in [2.05, 4.69) is 111 Å². The van der Waals surface area contributed by atoms with Crippen LogP contribution < -0.4 is 0 Å². The largest absolute Gasteiger partial charge is 0.361 e. The Balaban J connectivity index is 0.000000314. The lowest BCUT2D eigenvalue weighted by molar-refractivity contribution is 0.365. The first-order chi connectivity index (χ1) is 18.8. The molecule has 0 saturated carbocycles. The average Bonchev–Trinajstić information content (AvgIpc) is 3.63. The van der Waals surface area contributed by atoms with Crippen molar-refractivity contribution in [3.05, 3.63) is 76.2 Å². The molecule has 4 aromatic rings. The van der Waals surface area contributed by atoms with Gasteiger partial charge < -0.3 is 13.6 Å². The number of hydrogen-bond acceptors (Lipinski definition) is 6. The van der Waals surface area contributed by atoms with Gasteiger partial charge in [0.1, 0.15) is 23.0 Å². The molecular weight excluding hydrogens is 510 g/mol. The molecule has 0 saturated heterocycles. The minimum atomic E-state index is 0. The van der Waals surface area contributed by atoms with Gasteiger partial charge in [0.15, 0.2) is 0 Å². The summed E-state index contributed by atoms with van der Waals surface area (Å²) in [5.74, 6) is 5.78. The monoisotopic (exact) mass is 565 g/mol. The molecule has 6 heteroatoms. The highest BCUT2D eigenvalue weighted by atomic mass is 16.5. The molecule has 0 unspecified atom stereocenters. The summed E-state index contributed by atoms with van der Waals surface area (Å²) < 4.78 is 15.9. The molecule has 3 heterocycles. The summed E-state index contributed by atoms with van der Waals surface area (Å²) in [4.78, 5) is 0. The number of nitrogens with zero attached hydrogens (tertiary/aromatic N) is 3. The molecule has 3 aromatic heterocycles. The van der Waals surface area contributed by atoms with Crippen LogP contribution in [0.3, 0.4) is 0 Å². The molecular formula is C35H55N3O3. The third kappa shape index (κ3) is 9.44. The molecule has 0 amide bonds. The van der Waals surface area contributed by atoms with Gasteiger partial charge in [-0.2, -0.15) is 0 Å². The van der Waals surface area contributed by atoms with Crippen molar-refractivity contribution in [2.75, 3.05) is 0 Å². The Morgan fingerprint density at radius 1 is 0.537 bits per heavy atom. The van der Waals surface area contributed by atoms with Crippen LogP contribution in [-0.4, -0.2) is 15.5 Å². The van der Waals surface area contributed by atoms with Crippen LogP contribution in [0.1, 0.15) is 166 Å². The molecule has 0 aliphatic heterocycles. The summed E-state index contributed by atoms with van der Waals surface area (Å²) in [7, 11) is 0. The molecule has 228 valence electrons. The van der Waals surface area contributed by atoms with Crippen LogP contribution in [0.4, 0.5) is 0 Å². The smallest absolute Gasteiger partial charge is 0.143 e. The van der Waals surface area contributed by atoms with Crippen molar-refractivity contribution in [1.82, 2.24) is 15.5 Å². The molecule has 1 aromatic carbocycles. The normalized spacial score (nSPS) is 11.2. The second-order valence-electron chi connectivity index (χ2n) is 12.3. The van der Waals surface area contributed by atoms with E-state index in [1.807, 2.05) is 31.3 Å². The van der Waals surface area contributed by atoms with Crippen LogP contribution in [-0.2, 0) is 0 Å². The number of rotatable bonds is 7. The van der Waals surface area contributed by atoms with Crippen molar-refractivity contribution in [2.24, 2.45) is 0 Å². The van der Waals surface area contributed by atoms with Gasteiger partial charge in [-0.3, -0.25) is 0 Å². The Morgan fingerprint density at radius 3 is 1.44 bits per heavy atom. The Bertz CT molecular complexity index is 1250. The van der Waals surface area contributed by atoms with E-state index in [4.69, 9.17) is 13.6 Å². The van der Waals surface area contributed by atoms with E-state index >= 15 is 0 Å². The molecule has 0 spiro atoms. The van der Waals surface area contributed by atoms with Crippen molar-refractivity contribution in [3.63, 3.8) is 0 Å². The lowest BCUT2D eigenvalue weighted by Crippen LogP contribution is -1.96. The second-order valence-corrected chi connectivity index (χ2v) is 12.3. The lowest BCUT2D eigenvalue weighted by Gasteiger charge is -2.09. The van der Waals surface area contributed by atoms with Gasteiger partial charge >= 0.3 is 0 Å². The van der Waals surface area contributed by atoms with Crippen molar-refractivity contribution in [1.29, 1.82) is 0 Å².